The summed E-state index contributed by atoms with van der Waals surface area (Å²) in [4.78, 5) is 25.4. The first-order valence-electron chi connectivity index (χ1n) is 10.1. The lowest BCUT2D eigenvalue weighted by Gasteiger charge is -2.14. The smallest absolute Gasteiger partial charge is 0.271 e. The molecule has 0 spiro atoms. The zero-order valence-corrected chi connectivity index (χ0v) is 16.4. The van der Waals surface area contributed by atoms with E-state index < -0.39 is 0 Å². The number of nitrogens with one attached hydrogen (secondary N) is 3. The second-order valence-electron chi connectivity index (χ2n) is 7.35. The summed E-state index contributed by atoms with van der Waals surface area (Å²) in [6.07, 6.45) is 9.87. The summed E-state index contributed by atoms with van der Waals surface area (Å²) in [7, 11) is 0. The van der Waals surface area contributed by atoms with Gasteiger partial charge in [0.25, 0.3) is 5.91 Å². The number of pyridine rings is 1. The number of anilines is 1. The van der Waals surface area contributed by atoms with Gasteiger partial charge in [-0.1, -0.05) is 13.3 Å². The van der Waals surface area contributed by atoms with Crippen LogP contribution in [0.2, 0.25) is 0 Å². The summed E-state index contributed by atoms with van der Waals surface area (Å²) in [6.45, 7) is 2.10. The van der Waals surface area contributed by atoms with E-state index in [-0.39, 0.29) is 18.0 Å². The number of hydrogen-bond donors (Lipinski definition) is 3. The number of rotatable bonds is 7. The maximum Gasteiger partial charge on any atom is 0.271 e. The lowest BCUT2D eigenvalue weighted by Crippen LogP contribution is -2.34. The third kappa shape index (κ3) is 4.77. The molecule has 1 fully saturated rings. The van der Waals surface area contributed by atoms with Gasteiger partial charge in [0.2, 0.25) is 5.95 Å². The van der Waals surface area contributed by atoms with Crippen LogP contribution in [0.15, 0.2) is 42.9 Å². The fourth-order valence-electron chi connectivity index (χ4n) is 3.67. The summed E-state index contributed by atoms with van der Waals surface area (Å²) < 4.78 is 0. The minimum Gasteiger partial charge on any atom is -0.351 e. The van der Waals surface area contributed by atoms with E-state index >= 15 is 0 Å². The highest BCUT2D eigenvalue weighted by molar-refractivity contribution is 5.92. The molecule has 2 atom stereocenters. The van der Waals surface area contributed by atoms with Gasteiger partial charge >= 0.3 is 0 Å². The van der Waals surface area contributed by atoms with E-state index in [9.17, 15) is 4.79 Å². The van der Waals surface area contributed by atoms with E-state index in [2.05, 4.69) is 42.7 Å². The number of carbonyl (C=O) groups excluding carboxylic acids is 1. The summed E-state index contributed by atoms with van der Waals surface area (Å²) >= 11 is 0. The molecule has 0 aliphatic heterocycles. The fourth-order valence-corrected chi connectivity index (χ4v) is 3.67. The Labute approximate surface area is 169 Å². The summed E-state index contributed by atoms with van der Waals surface area (Å²) in [5.74, 6) is 0.484. The molecule has 1 saturated carbocycles. The van der Waals surface area contributed by atoms with E-state index in [4.69, 9.17) is 0 Å². The Balaban J connectivity index is 1.32. The zero-order chi connectivity index (χ0) is 20.1. The predicted molar refractivity (Wildman–Crippen MR) is 110 cm³/mol. The van der Waals surface area contributed by atoms with Gasteiger partial charge in [0.05, 0.1) is 5.69 Å². The van der Waals surface area contributed by atoms with Crippen molar-refractivity contribution in [2.75, 3.05) is 5.32 Å². The SMILES string of the molecule is CCCc1cc(C(=O)N[C@H]2CC[C@H](Nc3nccc(-c4ccncc4)n3)C2)n[nH]1. The third-order valence-corrected chi connectivity index (χ3v) is 5.12. The summed E-state index contributed by atoms with van der Waals surface area (Å²) in [6, 6.07) is 7.91. The molecule has 1 aliphatic carbocycles. The fraction of sp³-hybridized carbons (Fsp3) is 0.381. The van der Waals surface area contributed by atoms with Gasteiger partial charge in [-0.25, -0.2) is 9.97 Å². The first-order valence-corrected chi connectivity index (χ1v) is 10.1. The highest BCUT2D eigenvalue weighted by Crippen LogP contribution is 2.23. The Morgan fingerprint density at radius 1 is 1.17 bits per heavy atom. The second kappa shape index (κ2) is 8.81. The number of nitrogens with zero attached hydrogens (tertiary/aromatic N) is 4. The predicted octanol–water partition coefficient (Wildman–Crippen LogP) is 2.98. The number of aryl methyl sites for hydroxylation is 1. The van der Waals surface area contributed by atoms with Gasteiger partial charge < -0.3 is 10.6 Å². The van der Waals surface area contributed by atoms with Crippen molar-refractivity contribution >= 4 is 11.9 Å². The lowest BCUT2D eigenvalue weighted by atomic mass is 10.2. The Morgan fingerprint density at radius 2 is 2.00 bits per heavy atom. The lowest BCUT2D eigenvalue weighted by molar-refractivity contribution is 0.0932. The molecule has 1 aliphatic rings. The molecule has 3 aromatic heterocycles. The minimum atomic E-state index is -0.120. The molecule has 150 valence electrons. The van der Waals surface area contributed by atoms with Crippen LogP contribution >= 0.6 is 0 Å². The van der Waals surface area contributed by atoms with Crippen LogP contribution in [-0.4, -0.2) is 43.1 Å². The molecule has 1 amide bonds. The Morgan fingerprint density at radius 3 is 2.83 bits per heavy atom. The molecule has 8 nitrogen and oxygen atoms in total. The van der Waals surface area contributed by atoms with E-state index in [1.165, 1.54) is 0 Å². The van der Waals surface area contributed by atoms with Crippen LogP contribution in [0, 0.1) is 0 Å². The average molecular weight is 391 g/mol. The molecule has 8 heteroatoms. The van der Waals surface area contributed by atoms with Gasteiger partial charge in [-0.3, -0.25) is 14.9 Å². The van der Waals surface area contributed by atoms with Gasteiger partial charge in [0.15, 0.2) is 0 Å². The van der Waals surface area contributed by atoms with Crippen molar-refractivity contribution in [2.45, 2.75) is 51.1 Å². The summed E-state index contributed by atoms with van der Waals surface area (Å²) in [5, 5.41) is 13.6. The summed E-state index contributed by atoms with van der Waals surface area (Å²) in [5.41, 5.74) is 3.31. The van der Waals surface area contributed by atoms with Gasteiger partial charge in [0, 0.05) is 41.9 Å². The van der Waals surface area contributed by atoms with Crippen LogP contribution in [0.25, 0.3) is 11.3 Å². The average Bonchev–Trinajstić information content (AvgIpc) is 3.39. The highest BCUT2D eigenvalue weighted by Gasteiger charge is 2.27. The van der Waals surface area contributed by atoms with Crippen molar-refractivity contribution in [3.05, 3.63) is 54.2 Å². The van der Waals surface area contributed by atoms with Crippen molar-refractivity contribution in [3.8, 4) is 11.3 Å². The number of H-pyrrole nitrogens is 1. The van der Waals surface area contributed by atoms with Crippen molar-refractivity contribution in [3.63, 3.8) is 0 Å². The molecule has 4 rings (SSSR count). The van der Waals surface area contributed by atoms with E-state index in [0.717, 1.165) is 49.1 Å². The van der Waals surface area contributed by atoms with Crippen LogP contribution in [0.4, 0.5) is 5.95 Å². The third-order valence-electron chi connectivity index (χ3n) is 5.12. The molecule has 0 radical (unpaired) electrons. The molecule has 29 heavy (non-hydrogen) atoms. The van der Waals surface area contributed by atoms with Crippen LogP contribution in [0.1, 0.15) is 48.8 Å². The van der Waals surface area contributed by atoms with Gasteiger partial charge in [-0.15, -0.1) is 0 Å². The molecular weight excluding hydrogens is 366 g/mol. The number of hydrogen-bond acceptors (Lipinski definition) is 6. The number of aromatic nitrogens is 5. The molecule has 3 aromatic rings. The Hall–Kier alpha value is -3.29. The monoisotopic (exact) mass is 391 g/mol. The molecule has 0 saturated heterocycles. The first kappa shape index (κ1) is 19.0. The number of aromatic amines is 1. The van der Waals surface area contributed by atoms with Gasteiger partial charge in [-0.2, -0.15) is 5.10 Å². The molecule has 0 bridgehead atoms. The molecule has 3 N–H and O–H groups in total. The van der Waals surface area contributed by atoms with Gasteiger partial charge in [-0.05, 0) is 49.9 Å². The first-order chi connectivity index (χ1) is 14.2. The molecular formula is C21H25N7O. The van der Waals surface area contributed by atoms with E-state index in [1.807, 2.05) is 24.3 Å². The van der Waals surface area contributed by atoms with E-state index in [0.29, 0.717) is 11.6 Å². The van der Waals surface area contributed by atoms with E-state index in [1.54, 1.807) is 18.6 Å². The minimum absolute atomic E-state index is 0.120. The second-order valence-corrected chi connectivity index (χ2v) is 7.35. The van der Waals surface area contributed by atoms with Crippen LogP contribution < -0.4 is 10.6 Å². The van der Waals surface area contributed by atoms with Crippen LogP contribution in [-0.2, 0) is 6.42 Å². The van der Waals surface area contributed by atoms with Crippen molar-refractivity contribution in [2.24, 2.45) is 0 Å². The topological polar surface area (TPSA) is 108 Å². The van der Waals surface area contributed by atoms with Crippen LogP contribution in [0.5, 0.6) is 0 Å². The van der Waals surface area contributed by atoms with Crippen LogP contribution in [0.3, 0.4) is 0 Å². The standard InChI is InChI=1S/C21H25N7O/c1-2-3-17-13-19(28-27-17)20(29)24-15-4-5-16(12-15)25-21-23-11-8-18(26-21)14-6-9-22-10-7-14/h6-11,13,15-16H,2-5,12H2,1H3,(H,24,29)(H,27,28)(H,23,25,26)/t15-,16-/m0/s1. The maximum absolute atomic E-state index is 12.4. The Bertz CT molecular complexity index is 956. The molecule has 3 heterocycles. The Kier molecular flexibility index (Phi) is 5.79. The number of carbonyl (C=O) groups is 1. The van der Waals surface area contributed by atoms with Crippen molar-refractivity contribution in [1.82, 2.24) is 30.5 Å². The quantitative estimate of drug-likeness (QED) is 0.571. The molecule has 0 unspecified atom stereocenters. The normalized spacial score (nSPS) is 18.5. The maximum atomic E-state index is 12.4. The number of amides is 1. The largest absolute Gasteiger partial charge is 0.351 e. The molecule has 0 aromatic carbocycles. The van der Waals surface area contributed by atoms with Crippen molar-refractivity contribution in [1.29, 1.82) is 0 Å². The zero-order valence-electron chi connectivity index (χ0n) is 16.4. The van der Waals surface area contributed by atoms with Crippen molar-refractivity contribution < 1.29 is 4.79 Å². The van der Waals surface area contributed by atoms with Gasteiger partial charge in [0.1, 0.15) is 5.69 Å². The highest BCUT2D eigenvalue weighted by atomic mass is 16.2.